The van der Waals surface area contributed by atoms with Gasteiger partial charge < -0.3 is 19.4 Å². The number of hydrogen-bond acceptors (Lipinski definition) is 10. The molecule has 4 rings (SSSR count). The van der Waals surface area contributed by atoms with Gasteiger partial charge in [0.1, 0.15) is 16.5 Å². The molecule has 3 aromatic rings. The average molecular weight is 634 g/mol. The molecule has 1 atom stereocenters. The number of fused-ring (bicyclic) bond motifs is 2. The molecule has 42 heavy (non-hydrogen) atoms. The Hall–Kier alpha value is -3.62. The zero-order valence-electron chi connectivity index (χ0n) is 23.4. The summed E-state index contributed by atoms with van der Waals surface area (Å²) in [7, 11) is -2.95. The predicted octanol–water partition coefficient (Wildman–Crippen LogP) is 3.52. The average Bonchev–Trinajstić information content (AvgIpc) is 3.43. The highest BCUT2D eigenvalue weighted by Crippen LogP contribution is 2.40. The van der Waals surface area contributed by atoms with E-state index in [0.29, 0.717) is 28.1 Å². The van der Waals surface area contributed by atoms with Crippen LogP contribution in [0.15, 0.2) is 35.8 Å². The molecule has 1 N–H and O–H groups in total. The van der Waals surface area contributed by atoms with Crippen LogP contribution in [0.25, 0.3) is 10.2 Å². The molecule has 0 spiro atoms. The number of nitrogens with zero attached hydrogens (tertiary/aromatic N) is 2. The van der Waals surface area contributed by atoms with E-state index in [0.717, 1.165) is 34.6 Å². The van der Waals surface area contributed by atoms with Gasteiger partial charge in [-0.25, -0.2) is 18.0 Å². The van der Waals surface area contributed by atoms with Crippen LogP contribution < -0.4 is 10.1 Å². The molecule has 2 heterocycles. The molecule has 1 aromatic carbocycles. The summed E-state index contributed by atoms with van der Waals surface area (Å²) in [6.07, 6.45) is 3.90. The van der Waals surface area contributed by atoms with Crippen molar-refractivity contribution >= 4 is 71.5 Å². The van der Waals surface area contributed by atoms with Crippen molar-refractivity contribution in [2.45, 2.75) is 39.7 Å². The molecule has 0 bridgehead atoms. The van der Waals surface area contributed by atoms with Crippen LogP contribution in [-0.2, 0) is 48.3 Å². The Bertz CT molecular complexity index is 1750. The van der Waals surface area contributed by atoms with E-state index in [1.165, 1.54) is 18.4 Å². The van der Waals surface area contributed by atoms with E-state index in [9.17, 15) is 27.6 Å². The van der Waals surface area contributed by atoms with Gasteiger partial charge in [0.15, 0.2) is 14.6 Å². The smallest absolute Gasteiger partial charge is 0.341 e. The van der Waals surface area contributed by atoms with Crippen molar-refractivity contribution in [2.24, 2.45) is 10.9 Å². The van der Waals surface area contributed by atoms with E-state index in [-0.39, 0.29) is 28.5 Å². The molecule has 1 aliphatic rings. The number of amides is 2. The van der Waals surface area contributed by atoms with Gasteiger partial charge in [0.25, 0.3) is 5.91 Å². The summed E-state index contributed by atoms with van der Waals surface area (Å²) in [5.41, 5.74) is 2.09. The summed E-state index contributed by atoms with van der Waals surface area (Å²) in [5.74, 6) is -4.43. The van der Waals surface area contributed by atoms with Crippen LogP contribution in [0.4, 0.5) is 5.00 Å². The van der Waals surface area contributed by atoms with Crippen LogP contribution in [0, 0.1) is 5.92 Å². The second kappa shape index (κ2) is 13.1. The van der Waals surface area contributed by atoms with Gasteiger partial charge >= 0.3 is 11.9 Å². The van der Waals surface area contributed by atoms with Crippen LogP contribution in [0.2, 0.25) is 0 Å². The Morgan fingerprint density at radius 3 is 2.64 bits per heavy atom. The number of carbonyl (C=O) groups excluding carboxylic acids is 4. The molecule has 2 aromatic heterocycles. The Balaban J connectivity index is 1.52. The van der Waals surface area contributed by atoms with Gasteiger partial charge in [0.2, 0.25) is 5.91 Å². The largest absolute Gasteiger partial charge is 0.465 e. The van der Waals surface area contributed by atoms with Crippen LogP contribution in [-0.4, -0.2) is 62.0 Å². The van der Waals surface area contributed by atoms with Gasteiger partial charge in [-0.05, 0) is 55.9 Å². The van der Waals surface area contributed by atoms with Crippen molar-refractivity contribution in [3.63, 3.8) is 0 Å². The van der Waals surface area contributed by atoms with E-state index in [2.05, 4.69) is 23.8 Å². The minimum absolute atomic E-state index is 0.219. The number of hydrogen-bond donors (Lipinski definition) is 1. The fraction of sp³-hybridized carbons (Fsp3) is 0.393. The van der Waals surface area contributed by atoms with Gasteiger partial charge in [-0.3, -0.25) is 9.59 Å². The zero-order valence-corrected chi connectivity index (χ0v) is 25.9. The highest BCUT2D eigenvalue weighted by atomic mass is 32.2. The number of methoxy groups -OCH3 is 1. The van der Waals surface area contributed by atoms with Crippen LogP contribution in [0.3, 0.4) is 0 Å². The molecule has 1 aliphatic carbocycles. The van der Waals surface area contributed by atoms with Crippen LogP contribution in [0.1, 0.15) is 51.4 Å². The summed E-state index contributed by atoms with van der Waals surface area (Å²) < 4.78 is 37.9. The third kappa shape index (κ3) is 7.05. The minimum atomic E-state index is -4.20. The predicted molar refractivity (Wildman–Crippen MR) is 161 cm³/mol. The fourth-order valence-corrected chi connectivity index (χ4v) is 8.23. The second-order valence-corrected chi connectivity index (χ2v) is 14.0. The van der Waals surface area contributed by atoms with Gasteiger partial charge in [0.05, 0.1) is 35.1 Å². The number of sulfone groups is 1. The minimum Gasteiger partial charge on any atom is -0.465 e. The lowest BCUT2D eigenvalue weighted by Crippen LogP contribution is -2.28. The van der Waals surface area contributed by atoms with Crippen molar-refractivity contribution in [3.8, 4) is 0 Å². The topological polar surface area (TPSA) is 150 Å². The molecule has 0 saturated heterocycles. The SMILES string of the molecule is C=CCn1c(=NC(=O)CS(=O)(=O)CC(=O)Nc2sc3c(c2C(=O)OC)CCC(C)C3)sc2cc(C(=O)OCC)ccc21. The zero-order chi connectivity index (χ0) is 30.6. The number of allylic oxidation sites excluding steroid dienone is 1. The molecule has 0 radical (unpaired) electrons. The number of aromatic nitrogens is 1. The Kier molecular flexibility index (Phi) is 9.79. The number of rotatable bonds is 10. The molecule has 14 heteroatoms. The number of nitrogens with one attached hydrogen (secondary N) is 1. The Morgan fingerprint density at radius 2 is 1.95 bits per heavy atom. The number of thiazole rings is 1. The molecule has 0 aliphatic heterocycles. The quantitative estimate of drug-likeness (QED) is 0.263. The fourth-order valence-electron chi connectivity index (χ4n) is 4.70. The third-order valence-corrected chi connectivity index (χ3v) is 10.2. The van der Waals surface area contributed by atoms with E-state index in [1.807, 2.05) is 0 Å². The number of thiophene rings is 1. The maximum absolute atomic E-state index is 12.8. The van der Waals surface area contributed by atoms with E-state index < -0.39 is 45.1 Å². The molecular formula is C28H31N3O8S3. The van der Waals surface area contributed by atoms with Gasteiger partial charge in [-0.2, -0.15) is 4.99 Å². The summed E-state index contributed by atoms with van der Waals surface area (Å²) >= 11 is 2.35. The van der Waals surface area contributed by atoms with Gasteiger partial charge in [-0.1, -0.05) is 24.3 Å². The maximum atomic E-state index is 12.8. The highest BCUT2D eigenvalue weighted by Gasteiger charge is 2.30. The van der Waals surface area contributed by atoms with E-state index in [1.54, 1.807) is 35.8 Å². The van der Waals surface area contributed by atoms with Crippen molar-refractivity contribution in [2.75, 3.05) is 30.5 Å². The van der Waals surface area contributed by atoms with Gasteiger partial charge in [-0.15, -0.1) is 17.9 Å². The number of benzene rings is 1. The number of ether oxygens (including phenoxy) is 2. The van der Waals surface area contributed by atoms with E-state index >= 15 is 0 Å². The second-order valence-electron chi connectivity index (χ2n) is 9.82. The number of carbonyl (C=O) groups is 4. The Morgan fingerprint density at radius 1 is 1.19 bits per heavy atom. The monoisotopic (exact) mass is 633 g/mol. The van der Waals surface area contributed by atoms with Gasteiger partial charge in [0, 0.05) is 11.4 Å². The van der Waals surface area contributed by atoms with Crippen molar-refractivity contribution in [1.29, 1.82) is 0 Å². The number of esters is 2. The van der Waals surface area contributed by atoms with Crippen LogP contribution in [0.5, 0.6) is 0 Å². The molecule has 0 fully saturated rings. The normalized spacial score (nSPS) is 15.2. The maximum Gasteiger partial charge on any atom is 0.341 e. The van der Waals surface area contributed by atoms with Crippen LogP contribution >= 0.6 is 22.7 Å². The first-order valence-electron chi connectivity index (χ1n) is 13.2. The molecule has 11 nitrogen and oxygen atoms in total. The third-order valence-electron chi connectivity index (χ3n) is 6.57. The first kappa shape index (κ1) is 31.3. The molecule has 2 amide bonds. The number of anilines is 1. The summed E-state index contributed by atoms with van der Waals surface area (Å²) in [5, 5.41) is 2.80. The highest BCUT2D eigenvalue weighted by molar-refractivity contribution is 7.92. The standard InChI is InChI=1S/C28H31N3O8S3/c1-5-11-31-19-10-8-17(26(34)39-6-2)13-21(19)41-28(31)30-23(33)15-42(36,37)14-22(32)29-25-24(27(35)38-4)18-9-7-16(3)12-20(18)40-25/h5,8,10,13,16H,1,6-7,9,11-12,14-15H2,2-4H3,(H,29,32). The molecular weight excluding hydrogens is 603 g/mol. The lowest BCUT2D eigenvalue weighted by molar-refractivity contribution is -0.115. The molecule has 0 saturated carbocycles. The molecule has 224 valence electrons. The Labute approximate surface area is 250 Å². The van der Waals surface area contributed by atoms with Crippen molar-refractivity contribution < 1.29 is 37.1 Å². The van der Waals surface area contributed by atoms with E-state index in [4.69, 9.17) is 9.47 Å². The molecule has 1 unspecified atom stereocenters. The first-order chi connectivity index (χ1) is 20.0. The summed E-state index contributed by atoms with van der Waals surface area (Å²) in [6, 6.07) is 4.91. The first-order valence-corrected chi connectivity index (χ1v) is 16.6. The lowest BCUT2D eigenvalue weighted by atomic mass is 9.88. The summed E-state index contributed by atoms with van der Waals surface area (Å²) in [6.45, 7) is 8.03. The van der Waals surface area contributed by atoms with Crippen molar-refractivity contribution in [3.05, 3.63) is 57.2 Å². The van der Waals surface area contributed by atoms with Crippen molar-refractivity contribution in [1.82, 2.24) is 4.57 Å². The lowest BCUT2D eigenvalue weighted by Gasteiger charge is -2.18. The summed E-state index contributed by atoms with van der Waals surface area (Å²) in [4.78, 5) is 55.3.